The number of nitrogens with two attached hydrogens (primary N) is 1. The maximum absolute atomic E-state index is 11.6. The number of carbonyl (C=O) groups is 1. The summed E-state index contributed by atoms with van der Waals surface area (Å²) in [6, 6.07) is 11.8. The number of amides is 1. The smallest absolute Gasteiger partial charge is 0.226 e. The first-order valence-electron chi connectivity index (χ1n) is 8.00. The quantitative estimate of drug-likeness (QED) is 0.534. The van der Waals surface area contributed by atoms with Crippen LogP contribution >= 0.6 is 11.3 Å². The summed E-state index contributed by atoms with van der Waals surface area (Å²) in [5.41, 5.74) is 7.71. The average Bonchev–Trinajstić information content (AvgIpc) is 3.07. The van der Waals surface area contributed by atoms with Crippen LogP contribution in [0.2, 0.25) is 0 Å². The molecular formula is C18H24N4OS. The number of rotatable bonds is 7. The Morgan fingerprint density at radius 2 is 2.00 bits per heavy atom. The monoisotopic (exact) mass is 344 g/mol. The summed E-state index contributed by atoms with van der Waals surface area (Å²) in [5, 5.41) is 8.05. The molecule has 0 unspecified atom stereocenters. The second-order valence-electron chi connectivity index (χ2n) is 5.80. The average molecular weight is 344 g/mol. The number of hydrogen-bond acceptors (Lipinski definition) is 3. The molecule has 0 bridgehead atoms. The lowest BCUT2D eigenvalue weighted by Gasteiger charge is -2.08. The molecule has 6 heteroatoms. The Kier molecular flexibility index (Phi) is 6.81. The maximum atomic E-state index is 11.6. The van der Waals surface area contributed by atoms with Crippen LogP contribution in [0.1, 0.15) is 24.3 Å². The highest BCUT2D eigenvalue weighted by Gasteiger charge is 2.06. The molecule has 1 heterocycles. The molecule has 2 rings (SSSR count). The number of benzene rings is 1. The van der Waals surface area contributed by atoms with Crippen molar-refractivity contribution in [2.75, 3.05) is 11.9 Å². The Balaban J connectivity index is 1.77. The minimum Gasteiger partial charge on any atom is -0.370 e. The minimum absolute atomic E-state index is 0.0138. The molecule has 4 N–H and O–H groups in total. The van der Waals surface area contributed by atoms with Gasteiger partial charge in [-0.25, -0.2) is 4.99 Å². The van der Waals surface area contributed by atoms with Crippen molar-refractivity contribution in [1.29, 1.82) is 0 Å². The highest BCUT2D eigenvalue weighted by molar-refractivity contribution is 7.09. The lowest BCUT2D eigenvalue weighted by molar-refractivity contribution is -0.118. The van der Waals surface area contributed by atoms with E-state index in [1.807, 2.05) is 44.2 Å². The third-order valence-electron chi connectivity index (χ3n) is 3.44. The number of guanidine groups is 1. The van der Waals surface area contributed by atoms with Gasteiger partial charge in [0.05, 0.1) is 6.54 Å². The number of anilines is 1. The maximum Gasteiger partial charge on any atom is 0.226 e. The molecule has 0 saturated heterocycles. The molecule has 2 aromatic rings. The Hall–Kier alpha value is -2.34. The lowest BCUT2D eigenvalue weighted by atomic mass is 10.2. The predicted octanol–water partition coefficient (Wildman–Crippen LogP) is 2.99. The van der Waals surface area contributed by atoms with Crippen molar-refractivity contribution in [3.05, 3.63) is 52.2 Å². The van der Waals surface area contributed by atoms with Gasteiger partial charge in [0.15, 0.2) is 5.96 Å². The summed E-state index contributed by atoms with van der Waals surface area (Å²) in [6.07, 6.45) is 0.943. The lowest BCUT2D eigenvalue weighted by Crippen LogP contribution is -2.33. The molecule has 1 aromatic heterocycles. The first kappa shape index (κ1) is 18.0. The van der Waals surface area contributed by atoms with E-state index in [9.17, 15) is 4.79 Å². The Labute approximate surface area is 147 Å². The fraction of sp³-hybridized carbons (Fsp3) is 0.333. The van der Waals surface area contributed by atoms with Gasteiger partial charge in [0.1, 0.15) is 0 Å². The molecular weight excluding hydrogens is 320 g/mol. The summed E-state index contributed by atoms with van der Waals surface area (Å²) < 4.78 is 0. The van der Waals surface area contributed by atoms with E-state index in [0.29, 0.717) is 12.5 Å². The number of nitrogens with zero attached hydrogens (tertiary/aromatic N) is 1. The fourth-order valence-electron chi connectivity index (χ4n) is 1.98. The van der Waals surface area contributed by atoms with Crippen molar-refractivity contribution in [1.82, 2.24) is 5.32 Å². The zero-order chi connectivity index (χ0) is 17.4. The first-order chi connectivity index (χ1) is 11.5. The second kappa shape index (κ2) is 9.08. The van der Waals surface area contributed by atoms with E-state index in [2.05, 4.69) is 27.1 Å². The van der Waals surface area contributed by atoms with Gasteiger partial charge in [0, 0.05) is 23.0 Å². The zero-order valence-electron chi connectivity index (χ0n) is 14.1. The van der Waals surface area contributed by atoms with Gasteiger partial charge in [-0.3, -0.25) is 4.79 Å². The van der Waals surface area contributed by atoms with Crippen LogP contribution in [-0.2, 0) is 17.8 Å². The van der Waals surface area contributed by atoms with Crippen molar-refractivity contribution in [2.45, 2.75) is 26.8 Å². The Morgan fingerprint density at radius 3 is 2.62 bits per heavy atom. The molecule has 1 aromatic carbocycles. The summed E-state index contributed by atoms with van der Waals surface area (Å²) in [7, 11) is 0. The number of thiophene rings is 1. The summed E-state index contributed by atoms with van der Waals surface area (Å²) in [4.78, 5) is 17.3. The molecule has 0 aliphatic carbocycles. The molecule has 0 atom stereocenters. The first-order valence-corrected chi connectivity index (χ1v) is 8.88. The van der Waals surface area contributed by atoms with Crippen LogP contribution in [0.5, 0.6) is 0 Å². The number of nitrogens with one attached hydrogen (secondary N) is 2. The van der Waals surface area contributed by atoms with Crippen LogP contribution < -0.4 is 16.4 Å². The van der Waals surface area contributed by atoms with E-state index < -0.39 is 0 Å². The van der Waals surface area contributed by atoms with Crippen molar-refractivity contribution in [3.63, 3.8) is 0 Å². The third-order valence-corrected chi connectivity index (χ3v) is 4.37. The fourth-order valence-corrected chi connectivity index (χ4v) is 2.69. The summed E-state index contributed by atoms with van der Waals surface area (Å²) in [5.74, 6) is 0.429. The molecule has 0 aliphatic heterocycles. The van der Waals surface area contributed by atoms with Crippen LogP contribution in [0, 0.1) is 5.92 Å². The van der Waals surface area contributed by atoms with Crippen molar-refractivity contribution in [2.24, 2.45) is 16.6 Å². The SMILES string of the molecule is CC(C)C(=O)Nc1ccc(CN=C(N)NCCc2cccs2)cc1. The predicted molar refractivity (Wildman–Crippen MR) is 101 cm³/mol. The zero-order valence-corrected chi connectivity index (χ0v) is 14.9. The van der Waals surface area contributed by atoms with E-state index in [1.54, 1.807) is 11.3 Å². The summed E-state index contributed by atoms with van der Waals surface area (Å²) >= 11 is 1.74. The van der Waals surface area contributed by atoms with Gasteiger partial charge in [-0.15, -0.1) is 11.3 Å². The van der Waals surface area contributed by atoms with Crippen LogP contribution in [0.4, 0.5) is 5.69 Å². The molecule has 0 radical (unpaired) electrons. The molecule has 0 saturated carbocycles. The van der Waals surface area contributed by atoms with E-state index in [4.69, 9.17) is 5.73 Å². The number of hydrogen-bond donors (Lipinski definition) is 3. The molecule has 0 aliphatic rings. The van der Waals surface area contributed by atoms with Gasteiger partial charge < -0.3 is 16.4 Å². The molecule has 1 amide bonds. The van der Waals surface area contributed by atoms with Gasteiger partial charge in [-0.2, -0.15) is 0 Å². The van der Waals surface area contributed by atoms with Crippen LogP contribution in [-0.4, -0.2) is 18.4 Å². The normalized spacial score (nSPS) is 11.5. The van der Waals surface area contributed by atoms with E-state index in [1.165, 1.54) is 4.88 Å². The Morgan fingerprint density at radius 1 is 1.25 bits per heavy atom. The molecule has 0 spiro atoms. The summed E-state index contributed by atoms with van der Waals surface area (Å²) in [6.45, 7) is 5.02. The molecule has 128 valence electrons. The van der Waals surface area contributed by atoms with E-state index in [0.717, 1.165) is 24.2 Å². The number of carbonyl (C=O) groups excluding carboxylic acids is 1. The van der Waals surface area contributed by atoms with Crippen molar-refractivity contribution < 1.29 is 4.79 Å². The topological polar surface area (TPSA) is 79.5 Å². The van der Waals surface area contributed by atoms with E-state index in [-0.39, 0.29) is 11.8 Å². The van der Waals surface area contributed by atoms with Gasteiger partial charge in [0.2, 0.25) is 5.91 Å². The van der Waals surface area contributed by atoms with Gasteiger partial charge in [0.25, 0.3) is 0 Å². The van der Waals surface area contributed by atoms with Crippen LogP contribution in [0.3, 0.4) is 0 Å². The van der Waals surface area contributed by atoms with Crippen LogP contribution in [0.25, 0.3) is 0 Å². The Bertz CT molecular complexity index is 663. The van der Waals surface area contributed by atoms with Gasteiger partial charge in [-0.05, 0) is 35.6 Å². The standard InChI is InChI=1S/C18H24N4OS/c1-13(2)17(23)22-15-7-5-14(6-8-15)12-21-18(19)20-10-9-16-4-3-11-24-16/h3-8,11,13H,9-10,12H2,1-2H3,(H,22,23)(H3,19,20,21). The van der Waals surface area contributed by atoms with Crippen molar-refractivity contribution >= 4 is 28.9 Å². The van der Waals surface area contributed by atoms with Gasteiger partial charge >= 0.3 is 0 Å². The molecule has 0 fully saturated rings. The molecule has 24 heavy (non-hydrogen) atoms. The van der Waals surface area contributed by atoms with Gasteiger partial charge in [-0.1, -0.05) is 32.0 Å². The highest BCUT2D eigenvalue weighted by atomic mass is 32.1. The largest absolute Gasteiger partial charge is 0.370 e. The molecule has 5 nitrogen and oxygen atoms in total. The minimum atomic E-state index is -0.0330. The van der Waals surface area contributed by atoms with Crippen LogP contribution in [0.15, 0.2) is 46.8 Å². The highest BCUT2D eigenvalue weighted by Crippen LogP contribution is 2.12. The van der Waals surface area contributed by atoms with Crippen molar-refractivity contribution in [3.8, 4) is 0 Å². The number of aliphatic imine (C=N–C) groups is 1. The van der Waals surface area contributed by atoms with E-state index >= 15 is 0 Å². The second-order valence-corrected chi connectivity index (χ2v) is 6.83. The third kappa shape index (κ3) is 6.04.